The van der Waals surface area contributed by atoms with E-state index in [1.54, 1.807) is 48.5 Å². The van der Waals surface area contributed by atoms with Gasteiger partial charge in [0.2, 0.25) is 0 Å². The molecular formula is C64H108N2O18Si. The van der Waals surface area contributed by atoms with E-state index in [0.29, 0.717) is 52.6 Å². The molecule has 2 aromatic rings. The Morgan fingerprint density at radius 3 is 1.82 bits per heavy atom. The number of methoxy groups -OCH3 is 1. The zero-order valence-electron chi connectivity index (χ0n) is 54.2. The van der Waals surface area contributed by atoms with Crippen LogP contribution in [0.3, 0.4) is 0 Å². The molecule has 0 saturated carbocycles. The number of likely N-dealkylation sites (N-methyl/N-ethyl adjacent to an activating group) is 2. The summed E-state index contributed by atoms with van der Waals surface area (Å²) < 4.78 is 75.1. The summed E-state index contributed by atoms with van der Waals surface area (Å²) in [7, 11) is 4.44. The van der Waals surface area contributed by atoms with Crippen molar-refractivity contribution in [1.29, 1.82) is 0 Å². The van der Waals surface area contributed by atoms with Crippen LogP contribution in [0.1, 0.15) is 116 Å². The van der Waals surface area contributed by atoms with Crippen molar-refractivity contribution in [1.82, 2.24) is 9.80 Å². The van der Waals surface area contributed by atoms with Gasteiger partial charge in [0.05, 0.1) is 100 Å². The van der Waals surface area contributed by atoms with Gasteiger partial charge in [0.1, 0.15) is 30.5 Å². The van der Waals surface area contributed by atoms with Crippen LogP contribution in [0.2, 0.25) is 5.04 Å². The third-order valence-electron chi connectivity index (χ3n) is 17.7. The molecule has 2 aromatic carbocycles. The van der Waals surface area contributed by atoms with Gasteiger partial charge in [-0.2, -0.15) is 0 Å². The van der Waals surface area contributed by atoms with Gasteiger partial charge in [0.15, 0.2) is 18.7 Å². The zero-order valence-corrected chi connectivity index (χ0v) is 55.2. The maximum absolute atomic E-state index is 14.6. The number of carbonyl (C=O) groups excluding carboxylic acids is 2. The normalized spacial score (nSPS) is 35.2. The number of hydrogen-bond acceptors (Lipinski definition) is 20. The predicted octanol–water partition coefficient (Wildman–Crippen LogP) is 5.09. The van der Waals surface area contributed by atoms with E-state index < -0.39 is 116 Å². The summed E-state index contributed by atoms with van der Waals surface area (Å²) in [5.74, 6) is -3.58. The molecule has 20 nitrogen and oxygen atoms in total. The van der Waals surface area contributed by atoms with Gasteiger partial charge in [0.25, 0.3) is 8.32 Å². The number of cyclic esters (lactones) is 1. The lowest BCUT2D eigenvalue weighted by atomic mass is 9.77. The minimum absolute atomic E-state index is 0.0791. The van der Waals surface area contributed by atoms with E-state index in [1.807, 2.05) is 56.9 Å². The molecule has 0 unspecified atom stereocenters. The van der Waals surface area contributed by atoms with E-state index >= 15 is 0 Å². The molecule has 0 aliphatic carbocycles. The second-order valence-corrected chi connectivity index (χ2v) is 30.3. The topological polar surface area (TPSA) is 232 Å². The first-order valence-electron chi connectivity index (χ1n) is 30.8. The van der Waals surface area contributed by atoms with Crippen LogP contribution in [-0.2, 0) is 66.1 Å². The summed E-state index contributed by atoms with van der Waals surface area (Å²) in [4.78, 5) is 32.3. The summed E-state index contributed by atoms with van der Waals surface area (Å²) in [6, 6.07) is 20.0. The summed E-state index contributed by atoms with van der Waals surface area (Å²) in [6.45, 7) is 26.8. The Kier molecular flexibility index (Phi) is 27.9. The number of aliphatic hydroxyl groups is 4. The van der Waals surface area contributed by atoms with Gasteiger partial charge in [0, 0.05) is 32.0 Å². The van der Waals surface area contributed by atoms with Crippen LogP contribution in [0.5, 0.6) is 0 Å². The lowest BCUT2D eigenvalue weighted by Gasteiger charge is -2.49. The fourth-order valence-electron chi connectivity index (χ4n) is 12.9. The Morgan fingerprint density at radius 1 is 0.765 bits per heavy atom. The Hall–Kier alpha value is -3.04. The quantitative estimate of drug-likeness (QED) is 0.0576. The average molecular weight is 1220 g/mol. The van der Waals surface area contributed by atoms with Crippen LogP contribution in [0.25, 0.3) is 0 Å². The second kappa shape index (κ2) is 32.6. The summed E-state index contributed by atoms with van der Waals surface area (Å²) in [6.07, 6.45) is -9.22. The molecule has 4 N–H and O–H groups in total. The molecule has 3 aliphatic rings. The molecule has 85 heavy (non-hydrogen) atoms. The van der Waals surface area contributed by atoms with Crippen molar-refractivity contribution in [2.45, 2.75) is 211 Å². The van der Waals surface area contributed by atoms with Gasteiger partial charge in [-0.05, 0) is 110 Å². The SMILES string of the molecule is CC[C@H]1OC(=O)[C@H](C)[C@@H](O[C@H]2C[C@@](C)(OC)[C@@H](O)[C@H](C)O2)[C@H](C)[C@@H](O[C@@H]2O[C@H](C)C[C@H](N(C)C)[C@H]2OC(=O)COCCOCCOCCOCCO[Si](c2ccccc2)(c2ccccc2)C(C)(C)C)[C@](C)(O)C[C@@H](C)CN(C)[C@H](C)[C@@H](O)[C@]1(C)O. The molecule has 0 radical (unpaired) electrons. The molecule has 486 valence electrons. The highest BCUT2D eigenvalue weighted by Gasteiger charge is 2.54. The van der Waals surface area contributed by atoms with Crippen LogP contribution >= 0.6 is 0 Å². The fraction of sp³-hybridized carbons (Fsp3) is 0.781. The van der Waals surface area contributed by atoms with Crippen LogP contribution < -0.4 is 10.4 Å². The minimum Gasteiger partial charge on any atom is -0.459 e. The van der Waals surface area contributed by atoms with E-state index in [0.717, 1.165) is 0 Å². The zero-order chi connectivity index (χ0) is 63.1. The number of hydrogen-bond donors (Lipinski definition) is 4. The lowest BCUT2D eigenvalue weighted by Crippen LogP contribution is -2.66. The first-order valence-corrected chi connectivity index (χ1v) is 32.7. The first kappa shape index (κ1) is 72.7. The molecule has 0 bridgehead atoms. The number of nitrogens with zero attached hydrogens (tertiary/aromatic N) is 2. The standard InChI is InChI=1S/C64H108N2O18Si/c1-18-51-64(13,72)56(68)46(6)66(16)40-42(2)38-62(11,71)58(44(4)54(45(5)59(70)81-51)83-53-39-63(12,73-17)57(69)47(7)80-53)84-60-55(50(65(14)15)37-43(3)79-60)82-52(67)41-77-34-33-75-30-29-74-31-32-76-35-36-78-85(61(8,9)10,48-25-21-19-22-26-48)49-27-23-20-24-28-49/h19-28,42-47,50-51,53-58,60,68-69,71-72H,18,29-41H2,1-17H3/t42-,43-,44+,45-,46-,47+,50+,51-,53+,54+,55-,56-,57+,58-,60+,62-,63-,64-/m1/s1. The lowest BCUT2D eigenvalue weighted by molar-refractivity contribution is -0.319. The maximum atomic E-state index is 14.6. The number of carbonyl (C=O) groups is 2. The molecule has 0 spiro atoms. The number of rotatable bonds is 25. The highest BCUT2D eigenvalue weighted by atomic mass is 28.4. The Labute approximate surface area is 508 Å². The molecule has 3 aliphatic heterocycles. The van der Waals surface area contributed by atoms with Crippen molar-refractivity contribution in [2.75, 3.05) is 94.3 Å². The monoisotopic (exact) mass is 1220 g/mol. The van der Waals surface area contributed by atoms with Crippen molar-refractivity contribution in [2.24, 2.45) is 17.8 Å². The minimum atomic E-state index is -2.65. The van der Waals surface area contributed by atoms with Crippen LogP contribution in [0, 0.1) is 17.8 Å². The third-order valence-corrected chi connectivity index (χ3v) is 22.8. The summed E-state index contributed by atoms with van der Waals surface area (Å²) in [5.41, 5.74) is -4.63. The molecule has 3 fully saturated rings. The predicted molar refractivity (Wildman–Crippen MR) is 325 cm³/mol. The van der Waals surface area contributed by atoms with Gasteiger partial charge in [-0.25, -0.2) is 4.79 Å². The van der Waals surface area contributed by atoms with Gasteiger partial charge < -0.3 is 86.8 Å². The molecule has 18 atom stereocenters. The van der Waals surface area contributed by atoms with E-state index in [-0.39, 0.29) is 56.1 Å². The molecule has 5 rings (SSSR count). The fourth-order valence-corrected chi connectivity index (χ4v) is 17.4. The van der Waals surface area contributed by atoms with E-state index in [1.165, 1.54) is 24.4 Å². The third kappa shape index (κ3) is 19.0. The highest BCUT2D eigenvalue weighted by molar-refractivity contribution is 6.99. The van der Waals surface area contributed by atoms with E-state index in [2.05, 4.69) is 69.3 Å². The summed E-state index contributed by atoms with van der Waals surface area (Å²) in [5, 5.41) is 50.1. The Balaban J connectivity index is 1.23. The van der Waals surface area contributed by atoms with E-state index in [4.69, 9.17) is 56.5 Å². The first-order chi connectivity index (χ1) is 39.9. The highest BCUT2D eigenvalue weighted by Crippen LogP contribution is 2.41. The van der Waals surface area contributed by atoms with Crippen molar-refractivity contribution < 1.29 is 86.5 Å². The largest absolute Gasteiger partial charge is 0.459 e. The van der Waals surface area contributed by atoms with E-state index in [9.17, 15) is 30.0 Å². The second-order valence-electron chi connectivity index (χ2n) is 26.0. The molecule has 3 heterocycles. The van der Waals surface area contributed by atoms with Crippen molar-refractivity contribution in [3.8, 4) is 0 Å². The van der Waals surface area contributed by atoms with Crippen LogP contribution in [0.15, 0.2) is 60.7 Å². The molecule has 0 amide bonds. The molecule has 21 heteroatoms. The number of esters is 2. The smallest absolute Gasteiger partial charge is 0.332 e. The molecule has 3 saturated heterocycles. The van der Waals surface area contributed by atoms with Gasteiger partial charge in [-0.1, -0.05) is 102 Å². The van der Waals surface area contributed by atoms with Gasteiger partial charge in [-0.15, -0.1) is 0 Å². The summed E-state index contributed by atoms with van der Waals surface area (Å²) >= 11 is 0. The maximum Gasteiger partial charge on any atom is 0.332 e. The van der Waals surface area contributed by atoms with Crippen molar-refractivity contribution in [3.63, 3.8) is 0 Å². The number of benzene rings is 2. The average Bonchev–Trinajstić information content (AvgIpc) is 1.50. The molecular weight excluding hydrogens is 1110 g/mol. The van der Waals surface area contributed by atoms with Gasteiger partial charge >= 0.3 is 11.9 Å². The van der Waals surface area contributed by atoms with Crippen LogP contribution in [0.4, 0.5) is 0 Å². The van der Waals surface area contributed by atoms with Crippen LogP contribution in [-0.4, -0.2) is 235 Å². The number of ether oxygens (including phenoxy) is 11. The number of aliphatic hydroxyl groups excluding tert-OH is 2. The Bertz CT molecular complexity index is 2240. The van der Waals surface area contributed by atoms with Crippen molar-refractivity contribution >= 4 is 30.6 Å². The van der Waals surface area contributed by atoms with Crippen molar-refractivity contribution in [3.05, 3.63) is 60.7 Å². The molecule has 0 aromatic heterocycles. The Morgan fingerprint density at radius 2 is 1.31 bits per heavy atom. The van der Waals surface area contributed by atoms with Gasteiger partial charge in [-0.3, -0.25) is 4.79 Å².